The Morgan fingerprint density at radius 3 is 2.69 bits per heavy atom. The predicted octanol–water partition coefficient (Wildman–Crippen LogP) is 2.51. The average molecular weight is 238 g/mol. The van der Waals surface area contributed by atoms with Crippen molar-refractivity contribution in [2.24, 2.45) is 0 Å². The summed E-state index contributed by atoms with van der Waals surface area (Å²) in [6, 6.07) is 10.5. The van der Waals surface area contributed by atoms with Gasteiger partial charge in [-0.05, 0) is 31.2 Å². The lowest BCUT2D eigenvalue weighted by Gasteiger charge is -2.09. The monoisotopic (exact) mass is 237 g/mol. The van der Waals surface area contributed by atoms with Crippen LogP contribution in [-0.4, -0.2) is 17.3 Å². The van der Waals surface area contributed by atoms with Gasteiger partial charge in [0.05, 0.1) is 0 Å². The predicted molar refractivity (Wildman–Crippen MR) is 65.6 cm³/mol. The molecule has 0 saturated heterocycles. The minimum Gasteiger partial charge on any atom is -0.352 e. The highest BCUT2D eigenvalue weighted by molar-refractivity contribution is 6.30. The molecule has 3 heteroatoms. The molecule has 1 aliphatic rings. The molecule has 86 valence electrons. The number of nitrogens with one attached hydrogen (secondary N) is 1. The van der Waals surface area contributed by atoms with E-state index in [0.29, 0.717) is 12.5 Å². The Morgan fingerprint density at radius 1 is 1.38 bits per heavy atom. The van der Waals surface area contributed by atoms with E-state index in [1.54, 1.807) is 0 Å². The van der Waals surface area contributed by atoms with Crippen molar-refractivity contribution in [3.8, 4) is 0 Å². The maximum absolute atomic E-state index is 11.6. The van der Waals surface area contributed by atoms with Crippen LogP contribution in [0.25, 0.3) is 0 Å². The maximum atomic E-state index is 11.6. The van der Waals surface area contributed by atoms with Crippen LogP contribution < -0.4 is 5.32 Å². The zero-order valence-corrected chi connectivity index (χ0v) is 9.91. The molecule has 0 radical (unpaired) electrons. The number of carbonyl (C=O) groups excluding carboxylic acids is 1. The first-order chi connectivity index (χ1) is 7.75. The van der Waals surface area contributed by atoms with Crippen LogP contribution in [0.5, 0.6) is 0 Å². The van der Waals surface area contributed by atoms with Crippen molar-refractivity contribution in [3.63, 3.8) is 0 Å². The molecule has 1 aromatic rings. The second kappa shape index (κ2) is 5.35. The summed E-state index contributed by atoms with van der Waals surface area (Å²) in [5.41, 5.74) is 1.23. The van der Waals surface area contributed by atoms with Crippen molar-refractivity contribution < 1.29 is 4.79 Å². The molecular formula is C13H16ClNO. The Hall–Kier alpha value is -1.02. The fraction of sp³-hybridized carbons (Fsp3) is 0.462. The van der Waals surface area contributed by atoms with Crippen LogP contribution in [0, 0.1) is 0 Å². The molecule has 2 nitrogen and oxygen atoms in total. The summed E-state index contributed by atoms with van der Waals surface area (Å²) < 4.78 is 0. The number of amides is 1. The minimum absolute atomic E-state index is 0.0138. The lowest BCUT2D eigenvalue weighted by molar-refractivity contribution is -0.121. The average Bonchev–Trinajstić information content (AvgIpc) is 3.11. The Kier molecular flexibility index (Phi) is 3.83. The van der Waals surface area contributed by atoms with Gasteiger partial charge in [-0.25, -0.2) is 0 Å². The van der Waals surface area contributed by atoms with Gasteiger partial charge in [0.1, 0.15) is 5.38 Å². The number of rotatable bonds is 5. The SMILES string of the molecule is O=C(NC1CC1)C(Cl)CCc1ccccc1. The number of carbonyl (C=O) groups is 1. The van der Waals surface area contributed by atoms with E-state index >= 15 is 0 Å². The lowest BCUT2D eigenvalue weighted by atomic mass is 10.1. The van der Waals surface area contributed by atoms with E-state index in [9.17, 15) is 4.79 Å². The maximum Gasteiger partial charge on any atom is 0.238 e. The van der Waals surface area contributed by atoms with Crippen LogP contribution >= 0.6 is 11.6 Å². The van der Waals surface area contributed by atoms with Gasteiger partial charge in [-0.15, -0.1) is 11.6 Å². The summed E-state index contributed by atoms with van der Waals surface area (Å²) in [6.07, 6.45) is 3.76. The summed E-state index contributed by atoms with van der Waals surface area (Å²) in [5, 5.41) is 2.52. The largest absolute Gasteiger partial charge is 0.352 e. The Balaban J connectivity index is 1.74. The number of halogens is 1. The Labute approximate surface area is 101 Å². The fourth-order valence-corrected chi connectivity index (χ4v) is 1.76. The third-order valence-electron chi connectivity index (χ3n) is 2.74. The van der Waals surface area contributed by atoms with Gasteiger partial charge in [-0.1, -0.05) is 30.3 Å². The van der Waals surface area contributed by atoms with E-state index < -0.39 is 5.38 Å². The van der Waals surface area contributed by atoms with Crippen LogP contribution in [-0.2, 0) is 11.2 Å². The molecule has 0 aliphatic heterocycles. The number of alkyl halides is 1. The molecule has 1 aliphatic carbocycles. The Morgan fingerprint density at radius 2 is 2.06 bits per heavy atom. The first kappa shape index (κ1) is 11.5. The molecule has 0 aromatic heterocycles. The zero-order chi connectivity index (χ0) is 11.4. The van der Waals surface area contributed by atoms with Crippen LogP contribution in [0.15, 0.2) is 30.3 Å². The lowest BCUT2D eigenvalue weighted by Crippen LogP contribution is -2.33. The molecule has 2 rings (SSSR count). The Bertz CT molecular complexity index is 348. The van der Waals surface area contributed by atoms with Crippen molar-refractivity contribution in [2.75, 3.05) is 0 Å². The van der Waals surface area contributed by atoms with E-state index in [-0.39, 0.29) is 5.91 Å². The van der Waals surface area contributed by atoms with E-state index in [2.05, 4.69) is 17.4 Å². The highest BCUT2D eigenvalue weighted by Crippen LogP contribution is 2.19. The first-order valence-electron chi connectivity index (χ1n) is 5.74. The van der Waals surface area contributed by atoms with E-state index in [0.717, 1.165) is 19.3 Å². The van der Waals surface area contributed by atoms with Crippen LogP contribution in [0.3, 0.4) is 0 Å². The molecule has 1 fully saturated rings. The van der Waals surface area contributed by atoms with Gasteiger partial charge < -0.3 is 5.32 Å². The molecule has 1 aromatic carbocycles. The smallest absolute Gasteiger partial charge is 0.238 e. The van der Waals surface area contributed by atoms with Gasteiger partial charge in [-0.3, -0.25) is 4.79 Å². The second-order valence-electron chi connectivity index (χ2n) is 4.27. The van der Waals surface area contributed by atoms with Gasteiger partial charge in [0.25, 0.3) is 0 Å². The third-order valence-corrected chi connectivity index (χ3v) is 3.15. The molecule has 1 N–H and O–H groups in total. The molecule has 0 heterocycles. The van der Waals surface area contributed by atoms with Crippen molar-refractivity contribution in [2.45, 2.75) is 37.1 Å². The van der Waals surface area contributed by atoms with Crippen molar-refractivity contribution >= 4 is 17.5 Å². The molecule has 1 unspecified atom stereocenters. The van der Waals surface area contributed by atoms with E-state index in [1.807, 2.05) is 18.2 Å². The van der Waals surface area contributed by atoms with Crippen LogP contribution in [0.4, 0.5) is 0 Å². The van der Waals surface area contributed by atoms with Crippen LogP contribution in [0.1, 0.15) is 24.8 Å². The number of hydrogen-bond donors (Lipinski definition) is 1. The number of benzene rings is 1. The van der Waals surface area contributed by atoms with Gasteiger partial charge in [0.15, 0.2) is 0 Å². The van der Waals surface area contributed by atoms with Gasteiger partial charge in [0, 0.05) is 6.04 Å². The highest BCUT2D eigenvalue weighted by atomic mass is 35.5. The zero-order valence-electron chi connectivity index (χ0n) is 9.16. The fourth-order valence-electron chi connectivity index (χ4n) is 1.59. The van der Waals surface area contributed by atoms with Gasteiger partial charge in [-0.2, -0.15) is 0 Å². The summed E-state index contributed by atoms with van der Waals surface area (Å²) >= 11 is 6.04. The summed E-state index contributed by atoms with van der Waals surface area (Å²) in [6.45, 7) is 0. The van der Waals surface area contributed by atoms with Crippen molar-refractivity contribution in [1.82, 2.24) is 5.32 Å². The molecule has 1 atom stereocenters. The normalized spacial score (nSPS) is 16.8. The molecule has 16 heavy (non-hydrogen) atoms. The standard InChI is InChI=1S/C13H16ClNO/c14-12(13(16)15-11-7-8-11)9-6-10-4-2-1-3-5-10/h1-5,11-12H,6-9H2,(H,15,16). The van der Waals surface area contributed by atoms with Crippen LogP contribution in [0.2, 0.25) is 0 Å². The van der Waals surface area contributed by atoms with Gasteiger partial charge in [0.2, 0.25) is 5.91 Å². The summed E-state index contributed by atoms with van der Waals surface area (Å²) in [5.74, 6) is -0.0138. The molecule has 1 saturated carbocycles. The quantitative estimate of drug-likeness (QED) is 0.784. The number of aryl methyl sites for hydroxylation is 1. The molecule has 1 amide bonds. The van der Waals surface area contributed by atoms with E-state index in [1.165, 1.54) is 5.56 Å². The minimum atomic E-state index is -0.402. The topological polar surface area (TPSA) is 29.1 Å². The summed E-state index contributed by atoms with van der Waals surface area (Å²) in [4.78, 5) is 11.6. The van der Waals surface area contributed by atoms with Gasteiger partial charge >= 0.3 is 0 Å². The molecule has 0 spiro atoms. The number of hydrogen-bond acceptors (Lipinski definition) is 1. The second-order valence-corrected chi connectivity index (χ2v) is 4.80. The molecular weight excluding hydrogens is 222 g/mol. The highest BCUT2D eigenvalue weighted by Gasteiger charge is 2.26. The summed E-state index contributed by atoms with van der Waals surface area (Å²) in [7, 11) is 0. The first-order valence-corrected chi connectivity index (χ1v) is 6.18. The van der Waals surface area contributed by atoms with E-state index in [4.69, 9.17) is 11.6 Å². The third kappa shape index (κ3) is 3.53. The molecule has 0 bridgehead atoms. The van der Waals surface area contributed by atoms with Crippen molar-refractivity contribution in [3.05, 3.63) is 35.9 Å². The van der Waals surface area contributed by atoms with Crippen molar-refractivity contribution in [1.29, 1.82) is 0 Å².